The zero-order valence-electron chi connectivity index (χ0n) is 19.8. The average Bonchev–Trinajstić information content (AvgIpc) is 2.92. The molecule has 0 saturated carbocycles. The summed E-state index contributed by atoms with van der Waals surface area (Å²) in [6.45, 7) is 2.75. The number of rotatable bonds is 8. The van der Waals surface area contributed by atoms with Crippen LogP contribution in [0.2, 0.25) is 0 Å². The van der Waals surface area contributed by atoms with Crippen molar-refractivity contribution < 1.29 is 22.7 Å². The molecule has 1 fully saturated rings. The molecule has 1 saturated heterocycles. The van der Waals surface area contributed by atoms with Gasteiger partial charge in [-0.05, 0) is 42.0 Å². The third-order valence-electron chi connectivity index (χ3n) is 6.02. The lowest BCUT2D eigenvalue weighted by atomic mass is 10.1. The van der Waals surface area contributed by atoms with Crippen LogP contribution in [0.25, 0.3) is 0 Å². The first-order chi connectivity index (χ1) is 16.9. The molecule has 0 atom stereocenters. The van der Waals surface area contributed by atoms with Gasteiger partial charge in [0.2, 0.25) is 10.0 Å². The maximum absolute atomic E-state index is 13.0. The zero-order chi connectivity index (χ0) is 24.8. The molecule has 1 N–H and O–H groups in total. The van der Waals surface area contributed by atoms with Crippen molar-refractivity contribution in [2.45, 2.75) is 11.4 Å². The first-order valence-electron chi connectivity index (χ1n) is 11.3. The van der Waals surface area contributed by atoms with Gasteiger partial charge in [-0.25, -0.2) is 13.1 Å². The number of para-hydroxylation sites is 3. The zero-order valence-corrected chi connectivity index (χ0v) is 20.6. The fraction of sp³-hybridized carbons (Fsp3) is 0.269. The van der Waals surface area contributed by atoms with Crippen molar-refractivity contribution in [2.75, 3.05) is 45.3 Å². The fourth-order valence-corrected chi connectivity index (χ4v) is 5.27. The smallest absolute Gasteiger partial charge is 0.253 e. The number of carbonyl (C=O) groups is 1. The lowest BCUT2D eigenvalue weighted by molar-refractivity contribution is 0.0746. The van der Waals surface area contributed by atoms with Crippen LogP contribution in [0.5, 0.6) is 11.5 Å². The van der Waals surface area contributed by atoms with Crippen molar-refractivity contribution in [1.82, 2.24) is 9.62 Å². The summed E-state index contributed by atoms with van der Waals surface area (Å²) < 4.78 is 38.6. The first-order valence-corrected chi connectivity index (χ1v) is 12.8. The van der Waals surface area contributed by atoms with Crippen LogP contribution in [-0.2, 0) is 16.6 Å². The van der Waals surface area contributed by atoms with Crippen LogP contribution < -0.4 is 19.1 Å². The molecule has 1 aliphatic rings. The molecule has 0 unspecified atom stereocenters. The van der Waals surface area contributed by atoms with Gasteiger partial charge in [0.15, 0.2) is 0 Å². The summed E-state index contributed by atoms with van der Waals surface area (Å²) in [4.78, 5) is 17.2. The summed E-state index contributed by atoms with van der Waals surface area (Å²) >= 11 is 0. The molecule has 4 rings (SSSR count). The number of piperazine rings is 1. The van der Waals surface area contributed by atoms with Gasteiger partial charge in [0.1, 0.15) is 16.4 Å². The molecular weight excluding hydrogens is 466 g/mol. The molecule has 35 heavy (non-hydrogen) atoms. The lowest BCUT2D eigenvalue weighted by Crippen LogP contribution is -2.48. The van der Waals surface area contributed by atoms with E-state index in [4.69, 9.17) is 9.47 Å². The summed E-state index contributed by atoms with van der Waals surface area (Å²) in [7, 11) is -0.650. The van der Waals surface area contributed by atoms with E-state index in [0.29, 0.717) is 18.7 Å². The Labute approximate surface area is 206 Å². The molecule has 0 bridgehead atoms. The Bertz CT molecular complexity index is 1270. The van der Waals surface area contributed by atoms with Crippen LogP contribution in [0.1, 0.15) is 15.9 Å². The van der Waals surface area contributed by atoms with Gasteiger partial charge in [-0.1, -0.05) is 36.4 Å². The molecular formula is C26H29N3O5S. The molecule has 9 heteroatoms. The molecule has 0 aromatic heterocycles. The summed E-state index contributed by atoms with van der Waals surface area (Å²) in [6.07, 6.45) is 0. The van der Waals surface area contributed by atoms with Crippen molar-refractivity contribution in [3.63, 3.8) is 0 Å². The van der Waals surface area contributed by atoms with E-state index in [1.165, 1.54) is 13.2 Å². The van der Waals surface area contributed by atoms with Gasteiger partial charge in [0.25, 0.3) is 5.91 Å². The topological polar surface area (TPSA) is 88.2 Å². The molecule has 8 nitrogen and oxygen atoms in total. The van der Waals surface area contributed by atoms with E-state index in [2.05, 4.69) is 9.62 Å². The number of nitrogens with one attached hydrogen (secondary N) is 1. The van der Waals surface area contributed by atoms with E-state index >= 15 is 0 Å². The predicted octanol–water partition coefficient (Wildman–Crippen LogP) is 3.14. The molecule has 1 amide bonds. The van der Waals surface area contributed by atoms with E-state index in [0.717, 1.165) is 30.1 Å². The number of nitrogens with zero attached hydrogens (tertiary/aromatic N) is 2. The maximum Gasteiger partial charge on any atom is 0.253 e. The quantitative estimate of drug-likeness (QED) is 0.517. The third kappa shape index (κ3) is 5.58. The second-order valence-corrected chi connectivity index (χ2v) is 9.86. The summed E-state index contributed by atoms with van der Waals surface area (Å²) in [6, 6.07) is 21.3. The minimum atomic E-state index is -3.74. The van der Waals surface area contributed by atoms with Crippen molar-refractivity contribution >= 4 is 21.6 Å². The fourth-order valence-electron chi connectivity index (χ4n) is 4.09. The Morgan fingerprint density at radius 1 is 0.829 bits per heavy atom. The Morgan fingerprint density at radius 3 is 2.09 bits per heavy atom. The van der Waals surface area contributed by atoms with Crippen LogP contribution >= 0.6 is 0 Å². The molecule has 184 valence electrons. The van der Waals surface area contributed by atoms with Crippen molar-refractivity contribution in [1.29, 1.82) is 0 Å². The molecule has 0 radical (unpaired) electrons. The molecule has 0 spiro atoms. The SMILES string of the molecule is COc1ccccc1N1CCN(C(=O)c2ccc(CNS(=O)(=O)c3ccccc3OC)cc2)CC1. The van der Waals surface area contributed by atoms with Crippen LogP contribution in [-0.4, -0.2) is 59.6 Å². The van der Waals surface area contributed by atoms with Gasteiger partial charge in [0.05, 0.1) is 19.9 Å². The highest BCUT2D eigenvalue weighted by Crippen LogP contribution is 2.28. The number of methoxy groups -OCH3 is 2. The highest BCUT2D eigenvalue weighted by Gasteiger charge is 2.24. The van der Waals surface area contributed by atoms with Crippen LogP contribution in [0.4, 0.5) is 5.69 Å². The maximum atomic E-state index is 13.0. The monoisotopic (exact) mass is 495 g/mol. The highest BCUT2D eigenvalue weighted by atomic mass is 32.2. The van der Waals surface area contributed by atoms with Crippen molar-refractivity contribution in [3.05, 3.63) is 83.9 Å². The van der Waals surface area contributed by atoms with E-state index in [9.17, 15) is 13.2 Å². The van der Waals surface area contributed by atoms with Gasteiger partial charge in [-0.2, -0.15) is 0 Å². The van der Waals surface area contributed by atoms with Gasteiger partial charge in [-0.15, -0.1) is 0 Å². The van der Waals surface area contributed by atoms with E-state index in [-0.39, 0.29) is 23.1 Å². The molecule has 0 aliphatic carbocycles. The van der Waals surface area contributed by atoms with Crippen molar-refractivity contribution in [3.8, 4) is 11.5 Å². The number of hydrogen-bond donors (Lipinski definition) is 1. The van der Waals surface area contributed by atoms with Gasteiger partial charge < -0.3 is 19.3 Å². The molecule has 3 aromatic rings. The predicted molar refractivity (Wildman–Crippen MR) is 135 cm³/mol. The van der Waals surface area contributed by atoms with Crippen LogP contribution in [0, 0.1) is 0 Å². The Kier molecular flexibility index (Phi) is 7.57. The van der Waals surface area contributed by atoms with E-state index < -0.39 is 10.0 Å². The van der Waals surface area contributed by atoms with Gasteiger partial charge in [0, 0.05) is 38.3 Å². The average molecular weight is 496 g/mol. The summed E-state index contributed by atoms with van der Waals surface area (Å²) in [5.41, 5.74) is 2.36. The molecule has 1 heterocycles. The van der Waals surface area contributed by atoms with Crippen LogP contribution in [0.15, 0.2) is 77.7 Å². The number of carbonyl (C=O) groups excluding carboxylic acids is 1. The lowest BCUT2D eigenvalue weighted by Gasteiger charge is -2.36. The minimum absolute atomic E-state index is 0.0363. The Hall–Kier alpha value is -3.56. The third-order valence-corrected chi connectivity index (χ3v) is 7.46. The number of amides is 1. The van der Waals surface area contributed by atoms with Crippen molar-refractivity contribution in [2.24, 2.45) is 0 Å². The second kappa shape index (κ2) is 10.8. The summed E-state index contributed by atoms with van der Waals surface area (Å²) in [5, 5.41) is 0. The number of ether oxygens (including phenoxy) is 2. The van der Waals surface area contributed by atoms with E-state index in [1.807, 2.05) is 29.2 Å². The normalized spacial score (nSPS) is 14.0. The Balaban J connectivity index is 1.35. The highest BCUT2D eigenvalue weighted by molar-refractivity contribution is 7.89. The standard InChI is InChI=1S/C26H29N3O5S/c1-33-23-8-4-3-7-22(23)28-15-17-29(18-16-28)26(30)21-13-11-20(12-14-21)19-27-35(31,32)25-10-6-5-9-24(25)34-2/h3-14,27H,15-19H2,1-2H3. The summed E-state index contributed by atoms with van der Waals surface area (Å²) in [5.74, 6) is 1.07. The number of benzene rings is 3. The number of sulfonamides is 1. The minimum Gasteiger partial charge on any atom is -0.495 e. The number of anilines is 1. The first kappa shape index (κ1) is 24.6. The number of hydrogen-bond acceptors (Lipinski definition) is 6. The molecule has 1 aliphatic heterocycles. The van der Waals surface area contributed by atoms with Gasteiger partial charge >= 0.3 is 0 Å². The van der Waals surface area contributed by atoms with Gasteiger partial charge in [-0.3, -0.25) is 4.79 Å². The largest absolute Gasteiger partial charge is 0.495 e. The second-order valence-electron chi connectivity index (χ2n) is 8.12. The molecule has 3 aromatic carbocycles. The van der Waals surface area contributed by atoms with Crippen LogP contribution in [0.3, 0.4) is 0 Å². The Morgan fingerprint density at radius 2 is 1.43 bits per heavy atom. The van der Waals surface area contributed by atoms with E-state index in [1.54, 1.807) is 49.6 Å².